The Bertz CT molecular complexity index is 349. The van der Waals surface area contributed by atoms with Crippen LogP contribution in [0.2, 0.25) is 5.02 Å². The number of benzene rings is 1. The molecule has 1 aromatic rings. The molecule has 5 heteroatoms. The smallest absolute Gasteiger partial charge is 0.189 e. The largest absolute Gasteiger partial charge is 0.370 e. The fraction of sp³-hybridized carbons (Fsp3) is 0.182. The van der Waals surface area contributed by atoms with Gasteiger partial charge in [0.1, 0.15) is 0 Å². The van der Waals surface area contributed by atoms with E-state index in [4.69, 9.17) is 17.3 Å². The molecule has 0 aromatic heterocycles. The van der Waals surface area contributed by atoms with Crippen molar-refractivity contribution in [2.45, 2.75) is 6.54 Å². The van der Waals surface area contributed by atoms with Crippen molar-refractivity contribution in [1.82, 2.24) is 5.32 Å². The molecule has 0 unspecified atom stereocenters. The van der Waals surface area contributed by atoms with Gasteiger partial charge in [-0.05, 0) is 17.7 Å². The Morgan fingerprint density at radius 3 is 2.62 bits per heavy atom. The van der Waals surface area contributed by atoms with E-state index >= 15 is 0 Å². The average molecular weight is 352 g/mol. The minimum absolute atomic E-state index is 0. The molecule has 0 saturated heterocycles. The van der Waals surface area contributed by atoms with Crippen LogP contribution < -0.4 is 11.1 Å². The molecule has 0 aliphatic carbocycles. The van der Waals surface area contributed by atoms with Gasteiger partial charge < -0.3 is 11.1 Å². The third-order valence-electron chi connectivity index (χ3n) is 1.77. The molecule has 0 fully saturated rings. The Balaban J connectivity index is 0.00000225. The molecule has 3 N–H and O–H groups in total. The molecule has 0 aliphatic rings. The van der Waals surface area contributed by atoms with Crippen molar-refractivity contribution < 1.29 is 0 Å². The van der Waals surface area contributed by atoms with E-state index in [0.29, 0.717) is 19.0 Å². The molecule has 0 amide bonds. The van der Waals surface area contributed by atoms with Gasteiger partial charge in [-0.15, -0.1) is 30.6 Å². The molecule has 0 aliphatic heterocycles. The first-order chi connectivity index (χ1) is 7.22. The highest BCUT2D eigenvalue weighted by Crippen LogP contribution is 2.09. The number of nitrogens with two attached hydrogens (primary N) is 1. The van der Waals surface area contributed by atoms with Crippen LogP contribution in [0.15, 0.2) is 41.9 Å². The molecule has 0 atom stereocenters. The van der Waals surface area contributed by atoms with Gasteiger partial charge in [-0.25, -0.2) is 4.99 Å². The number of aliphatic imine (C=N–C) groups is 1. The molecule has 16 heavy (non-hydrogen) atoms. The standard InChI is InChI=1S/C11H14ClN3.HI/c1-2-7-14-11(13)15-8-9-3-5-10(12)6-4-9;/h2-6H,1,7-8H2,(H3,13,14,15);1H. The third-order valence-corrected chi connectivity index (χ3v) is 2.02. The van der Waals surface area contributed by atoms with Crippen LogP contribution in [0, 0.1) is 0 Å². The monoisotopic (exact) mass is 351 g/mol. The van der Waals surface area contributed by atoms with E-state index in [2.05, 4.69) is 16.9 Å². The normalized spacial score (nSPS) is 10.4. The summed E-state index contributed by atoms with van der Waals surface area (Å²) in [6.07, 6.45) is 1.73. The molecule has 3 nitrogen and oxygen atoms in total. The fourth-order valence-electron chi connectivity index (χ4n) is 0.999. The summed E-state index contributed by atoms with van der Waals surface area (Å²) in [5.74, 6) is 0.421. The van der Waals surface area contributed by atoms with Crippen molar-refractivity contribution in [3.05, 3.63) is 47.5 Å². The maximum absolute atomic E-state index is 5.76. The van der Waals surface area contributed by atoms with Gasteiger partial charge in [0.15, 0.2) is 5.96 Å². The maximum Gasteiger partial charge on any atom is 0.189 e. The number of nitrogens with one attached hydrogen (secondary N) is 1. The lowest BCUT2D eigenvalue weighted by atomic mass is 10.2. The highest BCUT2D eigenvalue weighted by molar-refractivity contribution is 14.0. The predicted molar refractivity (Wildman–Crippen MR) is 80.4 cm³/mol. The van der Waals surface area contributed by atoms with Crippen LogP contribution in [0.1, 0.15) is 5.56 Å². The first-order valence-electron chi connectivity index (χ1n) is 4.61. The second kappa shape index (κ2) is 8.41. The SMILES string of the molecule is C=CCNC(N)=NCc1ccc(Cl)cc1.I. The molecule has 0 heterocycles. The number of hydrogen-bond donors (Lipinski definition) is 2. The van der Waals surface area contributed by atoms with E-state index < -0.39 is 0 Å². The Kier molecular flexibility index (Phi) is 8.01. The number of nitrogens with zero attached hydrogens (tertiary/aromatic N) is 1. The van der Waals surface area contributed by atoms with Crippen molar-refractivity contribution in [1.29, 1.82) is 0 Å². The van der Waals surface area contributed by atoms with Gasteiger partial charge >= 0.3 is 0 Å². The molecular formula is C11H15ClIN3. The van der Waals surface area contributed by atoms with Crippen LogP contribution in [0.5, 0.6) is 0 Å². The molecule has 0 spiro atoms. The van der Waals surface area contributed by atoms with E-state index in [1.54, 1.807) is 6.08 Å². The number of halogens is 2. The summed E-state index contributed by atoms with van der Waals surface area (Å²) in [6.45, 7) is 4.74. The lowest BCUT2D eigenvalue weighted by Gasteiger charge is -2.02. The van der Waals surface area contributed by atoms with E-state index in [1.807, 2.05) is 24.3 Å². The lowest BCUT2D eigenvalue weighted by molar-refractivity contribution is 0.970. The lowest BCUT2D eigenvalue weighted by Crippen LogP contribution is -2.31. The van der Waals surface area contributed by atoms with Gasteiger partial charge in [0.25, 0.3) is 0 Å². The van der Waals surface area contributed by atoms with Crippen molar-refractivity contribution in [3.8, 4) is 0 Å². The van der Waals surface area contributed by atoms with Crippen molar-refractivity contribution >= 4 is 41.5 Å². The first-order valence-corrected chi connectivity index (χ1v) is 4.99. The summed E-state index contributed by atoms with van der Waals surface area (Å²) >= 11 is 5.76. The topological polar surface area (TPSA) is 50.4 Å². The molecule has 1 rings (SSSR count). The zero-order valence-corrected chi connectivity index (χ0v) is 11.9. The van der Waals surface area contributed by atoms with E-state index in [0.717, 1.165) is 10.6 Å². The van der Waals surface area contributed by atoms with Crippen LogP contribution >= 0.6 is 35.6 Å². The van der Waals surface area contributed by atoms with E-state index in [1.165, 1.54) is 0 Å². The molecule has 0 radical (unpaired) electrons. The Morgan fingerprint density at radius 2 is 2.06 bits per heavy atom. The van der Waals surface area contributed by atoms with Crippen molar-refractivity contribution in [2.75, 3.05) is 6.54 Å². The zero-order chi connectivity index (χ0) is 11.1. The second-order valence-corrected chi connectivity index (χ2v) is 3.43. The summed E-state index contributed by atoms with van der Waals surface area (Å²) in [5.41, 5.74) is 6.67. The summed E-state index contributed by atoms with van der Waals surface area (Å²) in [4.78, 5) is 4.15. The highest BCUT2D eigenvalue weighted by atomic mass is 127. The third kappa shape index (κ3) is 5.97. The van der Waals surface area contributed by atoms with Gasteiger partial charge in [-0.2, -0.15) is 0 Å². The van der Waals surface area contributed by atoms with Gasteiger partial charge in [0, 0.05) is 11.6 Å². The fourth-order valence-corrected chi connectivity index (χ4v) is 1.12. The predicted octanol–water partition coefficient (Wildman–Crippen LogP) is 2.55. The van der Waals surface area contributed by atoms with Crippen LogP contribution in [-0.2, 0) is 6.54 Å². The number of rotatable bonds is 4. The van der Waals surface area contributed by atoms with Crippen LogP contribution in [0.3, 0.4) is 0 Å². The number of guanidine groups is 1. The van der Waals surface area contributed by atoms with Crippen LogP contribution in [0.4, 0.5) is 0 Å². The minimum atomic E-state index is 0. The average Bonchev–Trinajstić information content (AvgIpc) is 2.25. The van der Waals surface area contributed by atoms with Gasteiger partial charge in [0.2, 0.25) is 0 Å². The molecule has 0 saturated carbocycles. The van der Waals surface area contributed by atoms with Crippen LogP contribution in [-0.4, -0.2) is 12.5 Å². The first kappa shape index (κ1) is 15.2. The van der Waals surface area contributed by atoms with Gasteiger partial charge in [-0.3, -0.25) is 0 Å². The molecule has 1 aromatic carbocycles. The van der Waals surface area contributed by atoms with Crippen molar-refractivity contribution in [3.63, 3.8) is 0 Å². The van der Waals surface area contributed by atoms with E-state index in [9.17, 15) is 0 Å². The summed E-state index contributed by atoms with van der Waals surface area (Å²) in [6, 6.07) is 7.51. The zero-order valence-electron chi connectivity index (χ0n) is 8.82. The minimum Gasteiger partial charge on any atom is -0.370 e. The van der Waals surface area contributed by atoms with Gasteiger partial charge in [-0.1, -0.05) is 29.8 Å². The maximum atomic E-state index is 5.76. The van der Waals surface area contributed by atoms with Crippen molar-refractivity contribution in [2.24, 2.45) is 10.7 Å². The highest BCUT2D eigenvalue weighted by Gasteiger charge is 1.92. The quantitative estimate of drug-likeness (QED) is 0.379. The summed E-state index contributed by atoms with van der Waals surface area (Å²) in [5, 5.41) is 3.62. The van der Waals surface area contributed by atoms with Crippen LogP contribution in [0.25, 0.3) is 0 Å². The summed E-state index contributed by atoms with van der Waals surface area (Å²) in [7, 11) is 0. The molecular weight excluding hydrogens is 336 g/mol. The van der Waals surface area contributed by atoms with Gasteiger partial charge in [0.05, 0.1) is 6.54 Å². The Hall–Kier alpha value is -0.750. The second-order valence-electron chi connectivity index (χ2n) is 3.00. The molecule has 88 valence electrons. The summed E-state index contributed by atoms with van der Waals surface area (Å²) < 4.78 is 0. The number of hydrogen-bond acceptors (Lipinski definition) is 1. The molecule has 0 bridgehead atoms. The Labute approximate surface area is 118 Å². The Morgan fingerprint density at radius 1 is 1.44 bits per heavy atom. The van der Waals surface area contributed by atoms with E-state index in [-0.39, 0.29) is 24.0 Å².